The van der Waals surface area contributed by atoms with Crippen molar-refractivity contribution < 1.29 is 39.9 Å². The van der Waals surface area contributed by atoms with Gasteiger partial charge in [-0.15, -0.1) is 24.8 Å². The van der Waals surface area contributed by atoms with Crippen LogP contribution in [-0.2, 0) is 12.1 Å². The number of pyridine rings is 1. The average molecular weight is 330 g/mol. The molecule has 0 saturated carbocycles. The second kappa shape index (κ2) is 5.58. The van der Waals surface area contributed by atoms with Crippen LogP contribution in [0.2, 0.25) is 0 Å². The molecule has 0 unspecified atom stereocenters. The number of hydrogen-bond donors (Lipinski definition) is 0. The van der Waals surface area contributed by atoms with E-state index in [4.69, 9.17) is 11.6 Å². The summed E-state index contributed by atoms with van der Waals surface area (Å²) in [5.41, 5.74) is -4.35. The molecule has 1 rings (SSSR count). The molecule has 0 aliphatic rings. The number of nitrogens with zero attached hydrogens (tertiary/aromatic N) is 1. The molecule has 1 aromatic rings. The van der Waals surface area contributed by atoms with Gasteiger partial charge < -0.3 is 4.74 Å². The van der Waals surface area contributed by atoms with Crippen LogP contribution in [0.4, 0.5) is 35.1 Å². The molecule has 0 aliphatic heterocycles. The largest absolute Gasteiger partial charge is 0.574 e. The molecule has 0 bridgehead atoms. The molecular formula is C9H4ClF8NO. The van der Waals surface area contributed by atoms with Crippen molar-refractivity contribution in [1.29, 1.82) is 0 Å². The Morgan fingerprint density at radius 3 is 2.05 bits per heavy atom. The fourth-order valence-corrected chi connectivity index (χ4v) is 1.59. The van der Waals surface area contributed by atoms with Crippen molar-refractivity contribution in [2.24, 2.45) is 0 Å². The van der Waals surface area contributed by atoms with E-state index in [1.807, 2.05) is 0 Å². The number of rotatable bonds is 3. The first-order chi connectivity index (χ1) is 8.95. The van der Waals surface area contributed by atoms with Crippen LogP contribution in [0.25, 0.3) is 0 Å². The van der Waals surface area contributed by atoms with Crippen LogP contribution in [0.3, 0.4) is 0 Å². The highest BCUT2D eigenvalue weighted by molar-refractivity contribution is 6.17. The molecule has 1 heterocycles. The average Bonchev–Trinajstić information content (AvgIpc) is 2.24. The lowest BCUT2D eigenvalue weighted by atomic mass is 10.1. The summed E-state index contributed by atoms with van der Waals surface area (Å²) in [7, 11) is 0. The molecule has 0 radical (unpaired) electrons. The molecule has 0 spiro atoms. The Hall–Kier alpha value is -1.32. The first-order valence-electron chi connectivity index (χ1n) is 4.66. The summed E-state index contributed by atoms with van der Waals surface area (Å²) in [5, 5.41) is 0. The predicted octanol–water partition coefficient (Wildman–Crippen LogP) is 4.68. The van der Waals surface area contributed by atoms with Crippen molar-refractivity contribution in [3.05, 3.63) is 22.9 Å². The highest BCUT2D eigenvalue weighted by atomic mass is 35.5. The van der Waals surface area contributed by atoms with E-state index in [1.54, 1.807) is 0 Å². The molecule has 0 amide bonds. The summed E-state index contributed by atoms with van der Waals surface area (Å²) < 4.78 is 102. The van der Waals surface area contributed by atoms with Crippen LogP contribution in [0, 0.1) is 0 Å². The van der Waals surface area contributed by atoms with E-state index in [0.29, 0.717) is 0 Å². The molecule has 1 aromatic heterocycles. The van der Waals surface area contributed by atoms with Crippen LogP contribution in [0.1, 0.15) is 23.2 Å². The van der Waals surface area contributed by atoms with Crippen LogP contribution < -0.4 is 4.74 Å². The molecule has 2 nitrogen and oxygen atoms in total. The van der Waals surface area contributed by atoms with Gasteiger partial charge in [-0.05, 0) is 0 Å². The third-order valence-corrected chi connectivity index (χ3v) is 2.27. The lowest BCUT2D eigenvalue weighted by Gasteiger charge is -2.17. The zero-order valence-corrected chi connectivity index (χ0v) is 9.87. The molecule has 11 heteroatoms. The molecular weight excluding hydrogens is 326 g/mol. The highest BCUT2D eigenvalue weighted by Gasteiger charge is 2.39. The van der Waals surface area contributed by atoms with E-state index in [1.165, 1.54) is 0 Å². The van der Waals surface area contributed by atoms with Crippen molar-refractivity contribution in [3.63, 3.8) is 0 Å². The monoisotopic (exact) mass is 329 g/mol. The Bertz CT molecular complexity index is 484. The molecule has 0 aliphatic carbocycles. The van der Waals surface area contributed by atoms with Crippen LogP contribution in [-0.4, -0.2) is 11.3 Å². The lowest BCUT2D eigenvalue weighted by Crippen LogP contribution is -2.20. The van der Waals surface area contributed by atoms with Crippen LogP contribution in [0.15, 0.2) is 6.07 Å². The van der Waals surface area contributed by atoms with E-state index in [-0.39, 0.29) is 6.07 Å². The normalized spacial score (nSPS) is 12.9. The number of aromatic nitrogens is 1. The maximum Gasteiger partial charge on any atom is 0.574 e. The fourth-order valence-electron chi connectivity index (χ4n) is 1.31. The van der Waals surface area contributed by atoms with Crippen molar-refractivity contribution in [2.45, 2.75) is 24.8 Å². The van der Waals surface area contributed by atoms with Gasteiger partial charge in [0.15, 0.2) is 0 Å². The second-order valence-electron chi connectivity index (χ2n) is 3.35. The molecule has 0 fully saturated rings. The quantitative estimate of drug-likeness (QED) is 0.593. The number of ether oxygens (including phenoxy) is 1. The summed E-state index contributed by atoms with van der Waals surface area (Å²) in [5.74, 6) is -2.62. The van der Waals surface area contributed by atoms with Gasteiger partial charge in [0.1, 0.15) is 5.69 Å². The first kappa shape index (κ1) is 16.7. The third-order valence-electron chi connectivity index (χ3n) is 2.00. The molecule has 0 N–H and O–H groups in total. The Labute approximate surface area is 111 Å². The van der Waals surface area contributed by atoms with Gasteiger partial charge in [-0.3, -0.25) is 0 Å². The van der Waals surface area contributed by atoms with Gasteiger partial charge in [-0.1, -0.05) is 0 Å². The van der Waals surface area contributed by atoms with E-state index in [2.05, 4.69) is 9.72 Å². The first-order valence-corrected chi connectivity index (χ1v) is 5.20. The van der Waals surface area contributed by atoms with Gasteiger partial charge in [0.25, 0.3) is 6.43 Å². The van der Waals surface area contributed by atoms with Gasteiger partial charge >= 0.3 is 12.5 Å². The highest BCUT2D eigenvalue weighted by Crippen LogP contribution is 2.39. The summed E-state index contributed by atoms with van der Waals surface area (Å²) in [6.45, 7) is 0. The predicted molar refractivity (Wildman–Crippen MR) is 50.4 cm³/mol. The standard InChI is InChI=1S/C9H4ClF8NO/c10-2-3-4(8(13,14)15)1-5(20-9(16,17)18)19-6(3)7(11)12/h1,7H,2H2. The van der Waals surface area contributed by atoms with Crippen LogP contribution in [0.5, 0.6) is 5.88 Å². The smallest absolute Gasteiger partial charge is 0.388 e. The van der Waals surface area contributed by atoms with Gasteiger partial charge in [-0.25, -0.2) is 13.8 Å². The van der Waals surface area contributed by atoms with Crippen molar-refractivity contribution in [1.82, 2.24) is 4.98 Å². The van der Waals surface area contributed by atoms with E-state index < -0.39 is 47.5 Å². The maximum absolute atomic E-state index is 12.6. The molecule has 0 aromatic carbocycles. The molecule has 0 saturated heterocycles. The maximum atomic E-state index is 12.6. The Balaban J connectivity index is 3.48. The topological polar surface area (TPSA) is 22.1 Å². The summed E-state index contributed by atoms with van der Waals surface area (Å²) >= 11 is 5.14. The minimum atomic E-state index is -5.36. The van der Waals surface area contributed by atoms with Crippen molar-refractivity contribution in [3.8, 4) is 5.88 Å². The van der Waals surface area contributed by atoms with Gasteiger partial charge in [-0.2, -0.15) is 13.2 Å². The number of halogens is 9. The fraction of sp³-hybridized carbons (Fsp3) is 0.444. The van der Waals surface area contributed by atoms with Crippen LogP contribution >= 0.6 is 11.6 Å². The summed E-state index contributed by atoms with van der Waals surface area (Å²) in [6, 6.07) is -0.128. The zero-order valence-electron chi connectivity index (χ0n) is 9.12. The zero-order chi connectivity index (χ0) is 15.7. The lowest BCUT2D eigenvalue weighted by molar-refractivity contribution is -0.276. The summed E-state index contributed by atoms with van der Waals surface area (Å²) in [6.07, 6.45) is -14.1. The number of alkyl halides is 9. The minimum Gasteiger partial charge on any atom is -0.388 e. The second-order valence-corrected chi connectivity index (χ2v) is 3.62. The van der Waals surface area contributed by atoms with E-state index in [0.717, 1.165) is 0 Å². The van der Waals surface area contributed by atoms with Gasteiger partial charge in [0, 0.05) is 17.5 Å². The third kappa shape index (κ3) is 4.09. The Kier molecular flexibility index (Phi) is 4.67. The van der Waals surface area contributed by atoms with Gasteiger partial charge in [0.05, 0.1) is 5.56 Å². The molecule has 114 valence electrons. The minimum absolute atomic E-state index is 0.128. The van der Waals surface area contributed by atoms with Gasteiger partial charge in [0.2, 0.25) is 5.88 Å². The molecule has 20 heavy (non-hydrogen) atoms. The van der Waals surface area contributed by atoms with Crippen molar-refractivity contribution in [2.75, 3.05) is 0 Å². The van der Waals surface area contributed by atoms with Crippen molar-refractivity contribution >= 4 is 11.6 Å². The van der Waals surface area contributed by atoms with E-state index in [9.17, 15) is 35.1 Å². The van der Waals surface area contributed by atoms with E-state index >= 15 is 0 Å². The Morgan fingerprint density at radius 2 is 1.70 bits per heavy atom. The summed E-state index contributed by atoms with van der Waals surface area (Å²) in [4.78, 5) is 2.73. The number of hydrogen-bond acceptors (Lipinski definition) is 2. The molecule has 0 atom stereocenters. The SMILES string of the molecule is FC(F)c1nc(OC(F)(F)F)cc(C(F)(F)F)c1CCl. The Morgan fingerprint density at radius 1 is 1.15 bits per heavy atom.